The molecule has 0 spiro atoms. The molecule has 7 nitrogen and oxygen atoms in total. The number of rotatable bonds is 7. The number of aromatic nitrogens is 1. The summed E-state index contributed by atoms with van der Waals surface area (Å²) in [5.74, 6) is 0.232. The normalized spacial score (nSPS) is 20.7. The summed E-state index contributed by atoms with van der Waals surface area (Å²) in [5, 5.41) is 9.85. The minimum Gasteiger partial charge on any atom is -0.487 e. The molecule has 2 aromatic carbocycles. The van der Waals surface area contributed by atoms with Gasteiger partial charge >= 0.3 is 0 Å². The monoisotopic (exact) mass is 509 g/mol. The van der Waals surface area contributed by atoms with Crippen molar-refractivity contribution in [2.75, 3.05) is 26.7 Å². The van der Waals surface area contributed by atoms with Gasteiger partial charge < -0.3 is 9.84 Å². The third-order valence-corrected chi connectivity index (χ3v) is 8.74. The van der Waals surface area contributed by atoms with Crippen LogP contribution in [0.2, 0.25) is 0 Å². The van der Waals surface area contributed by atoms with E-state index in [9.17, 15) is 13.5 Å². The molecule has 1 N–H and O–H groups in total. The van der Waals surface area contributed by atoms with Gasteiger partial charge in [-0.25, -0.2) is 8.42 Å². The SMILES string of the molecule is Cc1ccc(-c2ccc3c(c2)O[C@H](CN(C)Cc2cccnc2)[C@@H](C)CN([C@@H](C)CO)S3(=O)=O)cc1. The van der Waals surface area contributed by atoms with Crippen molar-refractivity contribution in [3.8, 4) is 16.9 Å². The smallest absolute Gasteiger partial charge is 0.247 e. The lowest BCUT2D eigenvalue weighted by Crippen LogP contribution is -2.49. The van der Waals surface area contributed by atoms with E-state index < -0.39 is 16.1 Å². The van der Waals surface area contributed by atoms with Crippen LogP contribution in [0.15, 0.2) is 71.9 Å². The van der Waals surface area contributed by atoms with Gasteiger partial charge in [0.05, 0.1) is 6.61 Å². The molecule has 2 heterocycles. The second kappa shape index (κ2) is 11.1. The minimum atomic E-state index is -3.87. The van der Waals surface area contributed by atoms with Gasteiger partial charge in [0, 0.05) is 44.0 Å². The van der Waals surface area contributed by atoms with Crippen molar-refractivity contribution < 1.29 is 18.3 Å². The predicted molar refractivity (Wildman–Crippen MR) is 141 cm³/mol. The van der Waals surface area contributed by atoms with Gasteiger partial charge in [-0.1, -0.05) is 48.9 Å². The number of fused-ring (bicyclic) bond motifs is 1. The van der Waals surface area contributed by atoms with Gasteiger partial charge in [-0.15, -0.1) is 0 Å². The highest BCUT2D eigenvalue weighted by atomic mass is 32.2. The number of aryl methyl sites for hydroxylation is 1. The molecule has 8 heteroatoms. The second-order valence-electron chi connectivity index (χ2n) is 9.83. The van der Waals surface area contributed by atoms with Crippen LogP contribution in [0.4, 0.5) is 0 Å². The third kappa shape index (κ3) is 5.78. The molecule has 0 radical (unpaired) electrons. The van der Waals surface area contributed by atoms with Crippen molar-refractivity contribution in [3.63, 3.8) is 0 Å². The molecule has 0 bridgehead atoms. The molecule has 0 fully saturated rings. The van der Waals surface area contributed by atoms with E-state index in [2.05, 4.69) is 9.88 Å². The highest BCUT2D eigenvalue weighted by molar-refractivity contribution is 7.89. The standard InChI is InChI=1S/C28H35N3O4S/c1-20-7-9-24(10-8-20)25-11-12-28-26(14-25)35-27(18-30(4)17-23-6-5-13-29-15-23)21(2)16-31(22(3)19-32)36(28,33)34/h5-15,21-22,27,32H,16-19H2,1-4H3/t21-,22-,27+/m0/s1. The van der Waals surface area contributed by atoms with E-state index in [0.29, 0.717) is 18.8 Å². The van der Waals surface area contributed by atoms with Crippen molar-refractivity contribution in [2.24, 2.45) is 5.92 Å². The summed E-state index contributed by atoms with van der Waals surface area (Å²) < 4.78 is 35.3. The second-order valence-corrected chi connectivity index (χ2v) is 11.7. The van der Waals surface area contributed by atoms with Crippen molar-refractivity contribution in [3.05, 3.63) is 78.1 Å². The quantitative estimate of drug-likeness (QED) is 0.519. The number of aliphatic hydroxyl groups is 1. The van der Waals surface area contributed by atoms with E-state index in [-0.39, 0.29) is 30.1 Å². The van der Waals surface area contributed by atoms with E-state index in [1.807, 2.05) is 75.6 Å². The first kappa shape index (κ1) is 26.3. The average Bonchev–Trinajstić information content (AvgIpc) is 2.86. The Balaban J connectivity index is 1.72. The molecule has 1 aliphatic heterocycles. The molecule has 4 rings (SSSR count). The number of nitrogens with zero attached hydrogens (tertiary/aromatic N) is 3. The molecule has 1 aliphatic rings. The molecular formula is C28H35N3O4S. The van der Waals surface area contributed by atoms with Crippen LogP contribution >= 0.6 is 0 Å². The van der Waals surface area contributed by atoms with Crippen LogP contribution in [0, 0.1) is 12.8 Å². The zero-order valence-corrected chi connectivity index (χ0v) is 22.1. The first-order valence-electron chi connectivity index (χ1n) is 12.3. The van der Waals surface area contributed by atoms with Gasteiger partial charge in [0.2, 0.25) is 10.0 Å². The summed E-state index contributed by atoms with van der Waals surface area (Å²) in [6, 6.07) is 16.8. The van der Waals surface area contributed by atoms with Crippen LogP contribution in [0.3, 0.4) is 0 Å². The Bertz CT molecular complexity index is 1270. The summed E-state index contributed by atoms with van der Waals surface area (Å²) in [7, 11) is -1.84. The van der Waals surface area contributed by atoms with E-state index >= 15 is 0 Å². The Kier molecular flexibility index (Phi) is 8.10. The molecule has 1 aromatic heterocycles. The third-order valence-electron chi connectivity index (χ3n) is 6.72. The Morgan fingerprint density at radius 3 is 2.56 bits per heavy atom. The molecule has 0 unspecified atom stereocenters. The van der Waals surface area contributed by atoms with E-state index in [0.717, 1.165) is 22.3 Å². The summed E-state index contributed by atoms with van der Waals surface area (Å²) >= 11 is 0. The van der Waals surface area contributed by atoms with Crippen LogP contribution in [-0.2, 0) is 16.6 Å². The molecule has 192 valence electrons. The van der Waals surface area contributed by atoms with Crippen LogP contribution in [0.5, 0.6) is 5.75 Å². The maximum Gasteiger partial charge on any atom is 0.247 e. The Labute approximate surface area is 214 Å². The molecule has 0 aliphatic carbocycles. The van der Waals surface area contributed by atoms with Crippen molar-refractivity contribution in [2.45, 2.75) is 44.4 Å². The molecule has 36 heavy (non-hydrogen) atoms. The fraction of sp³-hybridized carbons (Fsp3) is 0.393. The topological polar surface area (TPSA) is 83.0 Å². The molecule has 0 saturated carbocycles. The average molecular weight is 510 g/mol. The molecule has 0 saturated heterocycles. The maximum atomic E-state index is 13.7. The first-order chi connectivity index (χ1) is 17.2. The highest BCUT2D eigenvalue weighted by Gasteiger charge is 2.38. The van der Waals surface area contributed by atoms with Crippen LogP contribution in [0.1, 0.15) is 25.0 Å². The highest BCUT2D eigenvalue weighted by Crippen LogP contribution is 2.36. The van der Waals surface area contributed by atoms with E-state index in [4.69, 9.17) is 4.74 Å². The fourth-order valence-electron chi connectivity index (χ4n) is 4.54. The number of benzene rings is 2. The summed E-state index contributed by atoms with van der Waals surface area (Å²) in [6.07, 6.45) is 3.34. The zero-order chi connectivity index (χ0) is 25.9. The lowest BCUT2D eigenvalue weighted by molar-refractivity contribution is 0.0734. The number of likely N-dealkylation sites (N-methyl/N-ethyl adjacent to an activating group) is 1. The lowest BCUT2D eigenvalue weighted by Gasteiger charge is -2.37. The molecule has 3 atom stereocenters. The number of sulfonamides is 1. The van der Waals surface area contributed by atoms with Crippen molar-refractivity contribution >= 4 is 10.0 Å². The molecular weight excluding hydrogens is 474 g/mol. The van der Waals surface area contributed by atoms with Crippen LogP contribution < -0.4 is 4.74 Å². The summed E-state index contributed by atoms with van der Waals surface area (Å²) in [6.45, 7) is 7.08. The van der Waals surface area contributed by atoms with Gasteiger partial charge in [-0.2, -0.15) is 4.31 Å². The number of pyridine rings is 1. The summed E-state index contributed by atoms with van der Waals surface area (Å²) in [5.41, 5.74) is 4.13. The predicted octanol–water partition coefficient (Wildman–Crippen LogP) is 3.96. The van der Waals surface area contributed by atoms with Gasteiger partial charge in [0.1, 0.15) is 16.7 Å². The fourth-order valence-corrected chi connectivity index (χ4v) is 6.37. The van der Waals surface area contributed by atoms with Crippen molar-refractivity contribution in [1.29, 1.82) is 0 Å². The largest absolute Gasteiger partial charge is 0.487 e. The number of ether oxygens (including phenoxy) is 1. The molecule has 3 aromatic rings. The number of hydrogen-bond acceptors (Lipinski definition) is 6. The summed E-state index contributed by atoms with van der Waals surface area (Å²) in [4.78, 5) is 6.49. The Hall–Kier alpha value is -2.78. The van der Waals surface area contributed by atoms with Gasteiger partial charge in [-0.05, 0) is 55.8 Å². The number of aliphatic hydroxyl groups excluding tert-OH is 1. The number of hydrogen-bond donors (Lipinski definition) is 1. The Morgan fingerprint density at radius 2 is 1.89 bits per heavy atom. The maximum absolute atomic E-state index is 13.7. The van der Waals surface area contributed by atoms with Gasteiger partial charge in [0.25, 0.3) is 0 Å². The van der Waals surface area contributed by atoms with E-state index in [1.54, 1.807) is 19.2 Å². The van der Waals surface area contributed by atoms with Crippen LogP contribution in [-0.4, -0.2) is 66.6 Å². The lowest BCUT2D eigenvalue weighted by atomic mass is 10.0. The van der Waals surface area contributed by atoms with Crippen LogP contribution in [0.25, 0.3) is 11.1 Å². The van der Waals surface area contributed by atoms with Gasteiger partial charge in [0.15, 0.2) is 0 Å². The zero-order valence-electron chi connectivity index (χ0n) is 21.3. The van der Waals surface area contributed by atoms with Gasteiger partial charge in [-0.3, -0.25) is 9.88 Å². The van der Waals surface area contributed by atoms with Crippen molar-refractivity contribution in [1.82, 2.24) is 14.2 Å². The Morgan fingerprint density at radius 1 is 1.17 bits per heavy atom. The first-order valence-corrected chi connectivity index (χ1v) is 13.7. The molecule has 0 amide bonds. The minimum absolute atomic E-state index is 0.110. The van der Waals surface area contributed by atoms with E-state index in [1.165, 1.54) is 4.31 Å².